The van der Waals surface area contributed by atoms with Crippen LogP contribution < -0.4 is 5.32 Å². The first-order valence-corrected chi connectivity index (χ1v) is 6.90. The number of hydrogen-bond donors (Lipinski definition) is 2. The first-order chi connectivity index (χ1) is 9.11. The molecular formula is C13H22N2O4. The predicted octanol–water partition coefficient (Wildman–Crippen LogP) is 0.219. The van der Waals surface area contributed by atoms with Gasteiger partial charge in [-0.1, -0.05) is 0 Å². The lowest BCUT2D eigenvalue weighted by Gasteiger charge is -2.42. The average molecular weight is 270 g/mol. The van der Waals surface area contributed by atoms with Gasteiger partial charge in [-0.2, -0.15) is 0 Å². The van der Waals surface area contributed by atoms with E-state index in [1.807, 2.05) is 0 Å². The van der Waals surface area contributed by atoms with Crippen molar-refractivity contribution in [3.8, 4) is 0 Å². The zero-order valence-electron chi connectivity index (χ0n) is 11.3. The number of carboxylic acids is 1. The second-order valence-electron chi connectivity index (χ2n) is 5.31. The standard InChI is InChI=1S/C13H22N2O4/c1-19-10-4-2-9(3-5-10)15-7-6-14-13(18)11(15)8-12(16)17/h9-11H,2-8H2,1H3,(H,14,18)(H,16,17). The first kappa shape index (κ1) is 14.3. The third kappa shape index (κ3) is 3.45. The molecule has 6 heteroatoms. The minimum absolute atomic E-state index is 0.115. The van der Waals surface area contributed by atoms with Crippen LogP contribution in [0.25, 0.3) is 0 Å². The summed E-state index contributed by atoms with van der Waals surface area (Å²) < 4.78 is 5.35. The van der Waals surface area contributed by atoms with E-state index in [0.29, 0.717) is 18.7 Å². The number of piperazine rings is 1. The maximum atomic E-state index is 11.9. The van der Waals surface area contributed by atoms with E-state index in [1.165, 1.54) is 0 Å². The molecule has 1 aliphatic heterocycles. The Bertz CT molecular complexity index is 340. The molecular weight excluding hydrogens is 248 g/mol. The minimum atomic E-state index is -0.919. The van der Waals surface area contributed by atoms with Crippen LogP contribution in [0.2, 0.25) is 0 Å². The number of rotatable bonds is 4. The lowest BCUT2D eigenvalue weighted by molar-refractivity contribution is -0.144. The lowest BCUT2D eigenvalue weighted by atomic mass is 9.90. The van der Waals surface area contributed by atoms with Gasteiger partial charge in [0.2, 0.25) is 5.91 Å². The molecule has 0 spiro atoms. The van der Waals surface area contributed by atoms with Crippen LogP contribution in [0.4, 0.5) is 0 Å². The van der Waals surface area contributed by atoms with Crippen LogP contribution in [0.5, 0.6) is 0 Å². The van der Waals surface area contributed by atoms with Crippen molar-refractivity contribution in [2.75, 3.05) is 20.2 Å². The summed E-state index contributed by atoms with van der Waals surface area (Å²) in [7, 11) is 1.73. The van der Waals surface area contributed by atoms with Crippen molar-refractivity contribution >= 4 is 11.9 Å². The number of amides is 1. The molecule has 108 valence electrons. The van der Waals surface area contributed by atoms with E-state index in [0.717, 1.165) is 32.2 Å². The van der Waals surface area contributed by atoms with Gasteiger partial charge in [-0.15, -0.1) is 0 Å². The van der Waals surface area contributed by atoms with Gasteiger partial charge >= 0.3 is 5.97 Å². The normalized spacial score (nSPS) is 32.9. The van der Waals surface area contributed by atoms with Gasteiger partial charge in [0.15, 0.2) is 0 Å². The highest BCUT2D eigenvalue weighted by Gasteiger charge is 2.37. The van der Waals surface area contributed by atoms with E-state index in [9.17, 15) is 9.59 Å². The summed E-state index contributed by atoms with van der Waals surface area (Å²) in [6.07, 6.45) is 4.12. The van der Waals surface area contributed by atoms with Gasteiger partial charge in [-0.3, -0.25) is 14.5 Å². The molecule has 1 aliphatic carbocycles. The maximum absolute atomic E-state index is 11.9. The summed E-state index contributed by atoms with van der Waals surface area (Å²) in [6, 6.07) is -0.211. The molecule has 2 aliphatic rings. The number of hydrogen-bond acceptors (Lipinski definition) is 4. The van der Waals surface area contributed by atoms with Crippen LogP contribution in [0.3, 0.4) is 0 Å². The van der Waals surface area contributed by atoms with Crippen molar-refractivity contribution in [2.24, 2.45) is 0 Å². The van der Waals surface area contributed by atoms with Crippen LogP contribution in [-0.2, 0) is 14.3 Å². The molecule has 0 aromatic heterocycles. The van der Waals surface area contributed by atoms with Gasteiger partial charge in [0.05, 0.1) is 18.6 Å². The quantitative estimate of drug-likeness (QED) is 0.764. The molecule has 1 amide bonds. The number of ether oxygens (including phenoxy) is 1. The second-order valence-corrected chi connectivity index (χ2v) is 5.31. The third-order valence-corrected chi connectivity index (χ3v) is 4.19. The Kier molecular flexibility index (Phi) is 4.76. The zero-order valence-corrected chi connectivity index (χ0v) is 11.3. The molecule has 1 unspecified atom stereocenters. The molecule has 1 saturated heterocycles. The Morgan fingerprint density at radius 2 is 2.11 bits per heavy atom. The van der Waals surface area contributed by atoms with Crippen LogP contribution in [0.15, 0.2) is 0 Å². The number of aliphatic carboxylic acids is 1. The Labute approximate surface area is 113 Å². The highest BCUT2D eigenvalue weighted by atomic mass is 16.5. The largest absolute Gasteiger partial charge is 0.481 e. The predicted molar refractivity (Wildman–Crippen MR) is 68.8 cm³/mol. The second kappa shape index (κ2) is 6.34. The molecule has 0 radical (unpaired) electrons. The number of carbonyl (C=O) groups excluding carboxylic acids is 1. The van der Waals surface area contributed by atoms with Crippen molar-refractivity contribution in [2.45, 2.75) is 50.3 Å². The molecule has 6 nitrogen and oxygen atoms in total. The number of carbonyl (C=O) groups is 2. The van der Waals surface area contributed by atoms with E-state index < -0.39 is 12.0 Å². The van der Waals surface area contributed by atoms with Crippen LogP contribution in [-0.4, -0.2) is 60.3 Å². The fourth-order valence-electron chi connectivity index (χ4n) is 3.16. The summed E-state index contributed by atoms with van der Waals surface area (Å²) in [4.78, 5) is 24.9. The molecule has 0 bridgehead atoms. The molecule has 1 saturated carbocycles. The fourth-order valence-corrected chi connectivity index (χ4v) is 3.16. The van der Waals surface area contributed by atoms with Gasteiger partial charge in [-0.25, -0.2) is 0 Å². The molecule has 2 N–H and O–H groups in total. The number of carboxylic acid groups (broad SMARTS) is 1. The van der Waals surface area contributed by atoms with E-state index >= 15 is 0 Å². The summed E-state index contributed by atoms with van der Waals surface area (Å²) in [6.45, 7) is 1.35. The smallest absolute Gasteiger partial charge is 0.305 e. The van der Waals surface area contributed by atoms with E-state index in [1.54, 1.807) is 7.11 Å². The highest BCUT2D eigenvalue weighted by molar-refractivity contribution is 5.86. The van der Waals surface area contributed by atoms with E-state index in [-0.39, 0.29) is 12.3 Å². The summed E-state index contributed by atoms with van der Waals surface area (Å²) in [5.74, 6) is -1.07. The van der Waals surface area contributed by atoms with Crippen molar-refractivity contribution in [3.05, 3.63) is 0 Å². The zero-order chi connectivity index (χ0) is 13.8. The molecule has 0 aromatic carbocycles. The number of methoxy groups -OCH3 is 1. The SMILES string of the molecule is COC1CCC(N2CCNC(=O)C2CC(=O)O)CC1. The van der Waals surface area contributed by atoms with Crippen molar-refractivity contribution in [1.29, 1.82) is 0 Å². The topological polar surface area (TPSA) is 78.9 Å². The highest BCUT2D eigenvalue weighted by Crippen LogP contribution is 2.27. The van der Waals surface area contributed by atoms with E-state index in [4.69, 9.17) is 9.84 Å². The Hall–Kier alpha value is -1.14. The third-order valence-electron chi connectivity index (χ3n) is 4.19. The summed E-state index contributed by atoms with van der Waals surface area (Å²) in [5.41, 5.74) is 0. The van der Waals surface area contributed by atoms with Gasteiger partial charge in [-0.05, 0) is 25.7 Å². The van der Waals surface area contributed by atoms with Crippen LogP contribution in [0, 0.1) is 0 Å². The monoisotopic (exact) mass is 270 g/mol. The minimum Gasteiger partial charge on any atom is -0.481 e. The summed E-state index contributed by atoms with van der Waals surface area (Å²) in [5, 5.41) is 11.7. The summed E-state index contributed by atoms with van der Waals surface area (Å²) >= 11 is 0. The Morgan fingerprint density at radius 1 is 1.42 bits per heavy atom. The van der Waals surface area contributed by atoms with Gasteiger partial charge < -0.3 is 15.2 Å². The Morgan fingerprint density at radius 3 is 2.68 bits per heavy atom. The molecule has 2 rings (SSSR count). The van der Waals surface area contributed by atoms with Crippen LogP contribution in [0.1, 0.15) is 32.1 Å². The van der Waals surface area contributed by atoms with Crippen molar-refractivity contribution in [3.63, 3.8) is 0 Å². The molecule has 1 atom stereocenters. The van der Waals surface area contributed by atoms with Crippen LogP contribution >= 0.6 is 0 Å². The fraction of sp³-hybridized carbons (Fsp3) is 0.846. The molecule has 19 heavy (non-hydrogen) atoms. The van der Waals surface area contributed by atoms with Gasteiger partial charge in [0.1, 0.15) is 0 Å². The molecule has 2 fully saturated rings. The average Bonchev–Trinajstić information content (AvgIpc) is 2.41. The Balaban J connectivity index is 1.99. The number of nitrogens with zero attached hydrogens (tertiary/aromatic N) is 1. The van der Waals surface area contributed by atoms with Gasteiger partial charge in [0.25, 0.3) is 0 Å². The lowest BCUT2D eigenvalue weighted by Crippen LogP contribution is -2.59. The first-order valence-electron chi connectivity index (χ1n) is 6.90. The molecule has 1 heterocycles. The van der Waals surface area contributed by atoms with Crippen molar-refractivity contribution in [1.82, 2.24) is 10.2 Å². The number of nitrogens with one attached hydrogen (secondary N) is 1. The maximum Gasteiger partial charge on any atom is 0.305 e. The van der Waals surface area contributed by atoms with E-state index in [2.05, 4.69) is 10.2 Å². The van der Waals surface area contributed by atoms with Gasteiger partial charge in [0, 0.05) is 26.2 Å². The molecule has 0 aromatic rings. The van der Waals surface area contributed by atoms with Crippen molar-refractivity contribution < 1.29 is 19.4 Å².